The number of nitrogens with zero attached hydrogens (tertiary/aromatic N) is 1. The molecule has 1 heterocycles. The van der Waals surface area contributed by atoms with Crippen molar-refractivity contribution in [1.82, 2.24) is 4.57 Å². The molecule has 0 amide bonds. The van der Waals surface area contributed by atoms with E-state index in [2.05, 4.69) is 22.5 Å². The van der Waals surface area contributed by atoms with Gasteiger partial charge < -0.3 is 9.67 Å². The quantitative estimate of drug-likeness (QED) is 0.485. The number of fused-ring (bicyclic) bond motifs is 1. The molecule has 0 fully saturated rings. The highest BCUT2D eigenvalue weighted by atomic mass is 79.9. The van der Waals surface area contributed by atoms with Gasteiger partial charge in [-0.05, 0) is 41.8 Å². The summed E-state index contributed by atoms with van der Waals surface area (Å²) in [6, 6.07) is 13.5. The number of benzene rings is 2. The first-order valence-electron chi connectivity index (χ1n) is 8.94. The van der Waals surface area contributed by atoms with Gasteiger partial charge in [-0.1, -0.05) is 78.8 Å². The zero-order chi connectivity index (χ0) is 20.0. The molecule has 0 atom stereocenters. The Morgan fingerprint density at radius 3 is 2.59 bits per heavy atom. The highest BCUT2D eigenvalue weighted by Gasteiger charge is 2.16. The van der Waals surface area contributed by atoms with Gasteiger partial charge in [0.25, 0.3) is 0 Å². The zero-order valence-electron chi connectivity index (χ0n) is 15.9. The maximum absolute atomic E-state index is 11.7. The van der Waals surface area contributed by atoms with Crippen LogP contribution in [0.3, 0.4) is 0 Å². The Morgan fingerprint density at radius 1 is 1.22 bits per heavy atom. The number of hydrogen-bond acceptors (Lipinski definition) is 1. The number of allylic oxidation sites excluding steroid dienone is 1. The molecular formula is C23H24BrNO2. The van der Waals surface area contributed by atoms with Crippen molar-refractivity contribution in [3.63, 3.8) is 0 Å². The molecule has 0 saturated carbocycles. The lowest BCUT2D eigenvalue weighted by molar-refractivity contribution is 0.0686. The number of hydrogen-bond donors (Lipinski definition) is 1. The predicted molar refractivity (Wildman–Crippen MR) is 118 cm³/mol. The summed E-state index contributed by atoms with van der Waals surface area (Å²) < 4.78 is 2.77. The smallest absolute Gasteiger partial charge is 0.352 e. The molecule has 3 rings (SSSR count). The molecule has 2 aromatic carbocycles. The second-order valence-corrected chi connectivity index (χ2v) is 6.66. The van der Waals surface area contributed by atoms with Gasteiger partial charge in [0.1, 0.15) is 5.69 Å². The van der Waals surface area contributed by atoms with Gasteiger partial charge in [-0.2, -0.15) is 0 Å². The number of carboxylic acid groups (broad SMARTS) is 1. The Hall–Kier alpha value is -2.59. The number of halogens is 1. The lowest BCUT2D eigenvalue weighted by Gasteiger charge is -2.13. The monoisotopic (exact) mass is 425 g/mol. The lowest BCUT2D eigenvalue weighted by atomic mass is 10.00. The summed E-state index contributed by atoms with van der Waals surface area (Å²) in [5, 5.41) is 10.5. The van der Waals surface area contributed by atoms with Crippen LogP contribution in [0, 0.1) is 0 Å². The van der Waals surface area contributed by atoms with Crippen LogP contribution in [0.4, 0.5) is 0 Å². The molecule has 140 valence electrons. The van der Waals surface area contributed by atoms with Gasteiger partial charge in [0.05, 0.1) is 5.52 Å². The Kier molecular flexibility index (Phi) is 7.19. The van der Waals surface area contributed by atoms with E-state index in [0.29, 0.717) is 6.54 Å². The highest BCUT2D eigenvalue weighted by molar-refractivity contribution is 9.10. The third kappa shape index (κ3) is 4.40. The van der Waals surface area contributed by atoms with Crippen molar-refractivity contribution in [3.05, 3.63) is 82.0 Å². The van der Waals surface area contributed by atoms with Crippen LogP contribution in [-0.2, 0) is 6.54 Å². The van der Waals surface area contributed by atoms with E-state index in [4.69, 9.17) is 0 Å². The molecule has 0 aliphatic rings. The average Bonchev–Trinajstić information content (AvgIpc) is 3.03. The van der Waals surface area contributed by atoms with E-state index in [-0.39, 0.29) is 5.69 Å². The summed E-state index contributed by atoms with van der Waals surface area (Å²) in [4.78, 5) is 11.7. The molecule has 0 aliphatic carbocycles. The van der Waals surface area contributed by atoms with Crippen molar-refractivity contribution >= 4 is 45.0 Å². The van der Waals surface area contributed by atoms with Crippen molar-refractivity contribution in [2.24, 2.45) is 0 Å². The minimum atomic E-state index is -0.931. The normalized spacial score (nSPS) is 10.7. The first kappa shape index (κ1) is 20.7. The van der Waals surface area contributed by atoms with Crippen molar-refractivity contribution in [2.75, 3.05) is 0 Å². The van der Waals surface area contributed by atoms with Gasteiger partial charge in [0.15, 0.2) is 0 Å². The molecular weight excluding hydrogens is 402 g/mol. The number of rotatable bonds is 5. The predicted octanol–water partition coefficient (Wildman–Crippen LogP) is 6.85. The highest BCUT2D eigenvalue weighted by Crippen LogP contribution is 2.27. The van der Waals surface area contributed by atoms with Gasteiger partial charge in [0, 0.05) is 16.4 Å². The Balaban J connectivity index is 0.00000126. The summed E-state index contributed by atoms with van der Waals surface area (Å²) in [6.07, 6.45) is 5.84. The molecule has 1 aromatic heterocycles. The number of aromatic nitrogens is 1. The van der Waals surface area contributed by atoms with E-state index in [1.54, 1.807) is 6.07 Å². The van der Waals surface area contributed by atoms with Gasteiger partial charge in [-0.15, -0.1) is 0 Å². The Morgan fingerprint density at radius 2 is 1.96 bits per heavy atom. The molecule has 0 aliphatic heterocycles. The molecule has 0 radical (unpaired) electrons. The summed E-state index contributed by atoms with van der Waals surface area (Å²) in [5.74, 6) is -0.931. The largest absolute Gasteiger partial charge is 0.477 e. The zero-order valence-corrected chi connectivity index (χ0v) is 17.5. The second kappa shape index (κ2) is 9.38. The van der Waals surface area contributed by atoms with Crippen LogP contribution in [-0.4, -0.2) is 15.6 Å². The molecule has 3 nitrogen and oxygen atoms in total. The molecule has 0 bridgehead atoms. The third-order valence-corrected chi connectivity index (χ3v) is 4.69. The summed E-state index contributed by atoms with van der Waals surface area (Å²) >= 11 is 3.48. The summed E-state index contributed by atoms with van der Waals surface area (Å²) in [7, 11) is 0. The first-order chi connectivity index (χ1) is 13.0. The lowest BCUT2D eigenvalue weighted by Crippen LogP contribution is -2.10. The Bertz CT molecular complexity index is 999. The van der Waals surface area contributed by atoms with E-state index in [1.165, 1.54) is 0 Å². The van der Waals surface area contributed by atoms with E-state index in [0.717, 1.165) is 32.1 Å². The topological polar surface area (TPSA) is 42.2 Å². The van der Waals surface area contributed by atoms with Crippen molar-refractivity contribution in [2.45, 2.75) is 27.3 Å². The van der Waals surface area contributed by atoms with Crippen molar-refractivity contribution in [1.29, 1.82) is 0 Å². The van der Waals surface area contributed by atoms with Crippen LogP contribution in [0.2, 0.25) is 0 Å². The fraction of sp³-hybridized carbons (Fsp3) is 0.174. The molecule has 0 unspecified atom stereocenters. The standard InChI is InChI=1S/C21H18BrNO2.C2H6/c1-3-6-18-14(4-2)7-5-8-16(18)13-23-19-12-17(22)10-9-15(19)11-20(23)21(24)25;1-2/h3-12H,2,13H2,1H3,(H,24,25);1-2H3/b6-3-;. The van der Waals surface area contributed by atoms with Gasteiger partial charge in [-0.3, -0.25) is 0 Å². The first-order valence-corrected chi connectivity index (χ1v) is 9.73. The van der Waals surface area contributed by atoms with Crippen molar-refractivity contribution < 1.29 is 9.90 Å². The fourth-order valence-electron chi connectivity index (χ4n) is 3.06. The average molecular weight is 426 g/mol. The third-order valence-electron chi connectivity index (χ3n) is 4.20. The number of carbonyl (C=O) groups is 1. The molecule has 0 saturated heterocycles. The summed E-state index contributed by atoms with van der Waals surface area (Å²) in [6.45, 7) is 10.3. The number of carboxylic acids is 1. The minimum absolute atomic E-state index is 0.281. The van der Waals surface area contributed by atoms with Crippen LogP contribution in [0.25, 0.3) is 23.1 Å². The molecule has 27 heavy (non-hydrogen) atoms. The molecule has 0 spiro atoms. The van der Waals surface area contributed by atoms with Crippen LogP contribution >= 0.6 is 15.9 Å². The second-order valence-electron chi connectivity index (χ2n) is 5.75. The molecule has 4 heteroatoms. The van der Waals surface area contributed by atoms with E-state index in [9.17, 15) is 9.90 Å². The van der Waals surface area contributed by atoms with E-state index >= 15 is 0 Å². The fourth-order valence-corrected chi connectivity index (χ4v) is 3.41. The molecule has 3 aromatic rings. The minimum Gasteiger partial charge on any atom is -0.477 e. The summed E-state index contributed by atoms with van der Waals surface area (Å²) in [5.41, 5.74) is 4.32. The Labute approximate surface area is 168 Å². The number of aromatic carboxylic acids is 1. The van der Waals surface area contributed by atoms with Gasteiger partial charge in [-0.25, -0.2) is 4.79 Å². The van der Waals surface area contributed by atoms with Gasteiger partial charge >= 0.3 is 5.97 Å². The van der Waals surface area contributed by atoms with E-state index < -0.39 is 5.97 Å². The van der Waals surface area contributed by atoms with Crippen LogP contribution in [0.1, 0.15) is 48.0 Å². The maximum Gasteiger partial charge on any atom is 0.352 e. The van der Waals surface area contributed by atoms with E-state index in [1.807, 2.05) is 80.0 Å². The maximum atomic E-state index is 11.7. The van der Waals surface area contributed by atoms with Crippen LogP contribution in [0.5, 0.6) is 0 Å². The van der Waals surface area contributed by atoms with Crippen LogP contribution in [0.15, 0.2) is 59.6 Å². The van der Waals surface area contributed by atoms with Crippen LogP contribution < -0.4 is 0 Å². The van der Waals surface area contributed by atoms with Gasteiger partial charge in [0.2, 0.25) is 0 Å². The van der Waals surface area contributed by atoms with Crippen molar-refractivity contribution in [3.8, 4) is 0 Å². The SMILES string of the molecule is C=Cc1cccc(Cn2c(C(=O)O)cc3ccc(Br)cc32)c1/C=C\C.CC. The molecule has 1 N–H and O–H groups in total.